The van der Waals surface area contributed by atoms with E-state index in [1.54, 1.807) is 27.7 Å². The van der Waals surface area contributed by atoms with E-state index in [1.807, 2.05) is 0 Å². The van der Waals surface area contributed by atoms with E-state index in [9.17, 15) is 58.2 Å². The van der Waals surface area contributed by atoms with Crippen LogP contribution in [0.1, 0.15) is 98.5 Å². The Labute approximate surface area is 429 Å². The summed E-state index contributed by atoms with van der Waals surface area (Å²) in [5, 5.41) is 58.2. The molecule has 0 radical (unpaired) electrons. The van der Waals surface area contributed by atoms with Crippen molar-refractivity contribution in [3.63, 3.8) is 0 Å². The quantitative estimate of drug-likeness (QED) is 0.0175. The minimum Gasteiger partial charge on any atom is -0.508 e. The molecule has 0 aliphatic carbocycles. The Hall–Kier alpha value is -7.78. The molecule has 1 aromatic rings. The molecule has 414 valence electrons. The van der Waals surface area contributed by atoms with Crippen molar-refractivity contribution in [2.24, 2.45) is 46.4 Å². The third-order valence-corrected chi connectivity index (χ3v) is 11.2. The molecule has 74 heavy (non-hydrogen) atoms. The van der Waals surface area contributed by atoms with Gasteiger partial charge >= 0.3 is 0 Å². The van der Waals surface area contributed by atoms with Gasteiger partial charge in [0.05, 0.1) is 6.10 Å². The van der Waals surface area contributed by atoms with E-state index in [0.717, 1.165) is 0 Å². The van der Waals surface area contributed by atoms with Gasteiger partial charge in [-0.25, -0.2) is 0 Å². The smallest absolute Gasteiger partial charge is 0.245 e. The molecule has 0 aliphatic heterocycles. The van der Waals surface area contributed by atoms with E-state index in [-0.39, 0.29) is 75.7 Å². The van der Waals surface area contributed by atoms with Gasteiger partial charge in [0.25, 0.3) is 0 Å². The summed E-state index contributed by atoms with van der Waals surface area (Å²) >= 11 is 0. The Morgan fingerprint density at radius 3 is 1.36 bits per heavy atom. The van der Waals surface area contributed by atoms with Crippen LogP contribution in [0.15, 0.2) is 24.3 Å². The number of aromatic hydroxyl groups is 1. The van der Waals surface area contributed by atoms with Crippen molar-refractivity contribution >= 4 is 71.0 Å². The topological polar surface area (TPSA) is 497 Å². The Morgan fingerprint density at radius 1 is 0.527 bits per heavy atom. The Balaban J connectivity index is 3.52. The number of nitrogens with one attached hydrogen (secondary N) is 11. The number of aliphatic hydroxyl groups is 1. The molecule has 0 saturated carbocycles. The van der Waals surface area contributed by atoms with Crippen molar-refractivity contribution < 1.29 is 58.2 Å². The maximum absolute atomic E-state index is 14.2. The summed E-state index contributed by atoms with van der Waals surface area (Å²) in [6.45, 7) is 9.49. The normalized spacial score (nSPS) is 14.7. The summed E-state index contributed by atoms with van der Waals surface area (Å²) in [5.41, 5.74) is 27.6. The second-order valence-electron chi connectivity index (χ2n) is 18.7. The van der Waals surface area contributed by atoms with Crippen molar-refractivity contribution in [3.05, 3.63) is 29.8 Å². The maximum atomic E-state index is 14.2. The Kier molecular flexibility index (Phi) is 28.1. The molecular weight excluding hydrogens is 969 g/mol. The monoisotopic (exact) mass is 1050 g/mol. The highest BCUT2D eigenvalue weighted by Gasteiger charge is 2.36. The van der Waals surface area contributed by atoms with Gasteiger partial charge in [0, 0.05) is 38.3 Å². The molecular formula is C46H78N16O12. The zero-order valence-corrected chi connectivity index (χ0v) is 42.8. The van der Waals surface area contributed by atoms with E-state index in [0.29, 0.717) is 5.56 Å². The lowest BCUT2D eigenvalue weighted by molar-refractivity contribution is -0.138. The highest BCUT2D eigenvalue weighted by Crippen LogP contribution is 2.14. The van der Waals surface area contributed by atoms with Crippen molar-refractivity contribution in [1.29, 1.82) is 10.8 Å². The third kappa shape index (κ3) is 25.1. The first kappa shape index (κ1) is 64.2. The van der Waals surface area contributed by atoms with E-state index >= 15 is 0 Å². The van der Waals surface area contributed by atoms with Gasteiger partial charge in [-0.2, -0.15) is 0 Å². The Morgan fingerprint density at radius 2 is 0.946 bits per heavy atom. The highest BCUT2D eigenvalue weighted by atomic mass is 16.3. The van der Waals surface area contributed by atoms with E-state index < -0.39 is 138 Å². The minimum absolute atomic E-state index is 0.0174. The zero-order chi connectivity index (χ0) is 56.4. The third-order valence-electron chi connectivity index (χ3n) is 11.2. The number of carbonyl (C=O) groups is 10. The maximum Gasteiger partial charge on any atom is 0.245 e. The van der Waals surface area contributed by atoms with Gasteiger partial charge in [-0.05, 0) is 75.0 Å². The highest BCUT2D eigenvalue weighted by molar-refractivity contribution is 5.98. The summed E-state index contributed by atoms with van der Waals surface area (Å²) in [4.78, 5) is 132. The molecule has 28 heteroatoms. The molecule has 0 saturated heterocycles. The molecule has 1 rings (SSSR count). The molecule has 0 fully saturated rings. The molecule has 0 spiro atoms. The molecule has 0 unspecified atom stereocenters. The van der Waals surface area contributed by atoms with Gasteiger partial charge in [-0.15, -0.1) is 0 Å². The van der Waals surface area contributed by atoms with Crippen LogP contribution in [-0.2, 0) is 54.4 Å². The fourth-order valence-corrected chi connectivity index (χ4v) is 7.17. The van der Waals surface area contributed by atoms with Gasteiger partial charge in [-0.1, -0.05) is 46.8 Å². The van der Waals surface area contributed by atoms with Crippen molar-refractivity contribution in [3.8, 4) is 5.75 Å². The van der Waals surface area contributed by atoms with Crippen molar-refractivity contribution in [2.75, 3.05) is 13.1 Å². The number of nitrogens with two attached hydrogens (primary N) is 5. The first-order valence-corrected chi connectivity index (χ1v) is 24.1. The molecule has 28 nitrogen and oxygen atoms in total. The number of rotatable bonds is 34. The lowest BCUT2D eigenvalue weighted by atomic mass is 9.98. The molecule has 9 atom stereocenters. The number of guanidine groups is 2. The number of phenols is 1. The Bertz CT molecular complexity index is 2120. The second kappa shape index (κ2) is 32.3. The molecule has 0 aliphatic rings. The fourth-order valence-electron chi connectivity index (χ4n) is 7.17. The fraction of sp³-hybridized carbons (Fsp3) is 0.609. The van der Waals surface area contributed by atoms with Crippen molar-refractivity contribution in [1.82, 2.24) is 47.9 Å². The number of hydrogen-bond acceptors (Lipinski definition) is 14. The lowest BCUT2D eigenvalue weighted by Crippen LogP contribution is -2.62. The molecule has 0 aromatic heterocycles. The predicted octanol–water partition coefficient (Wildman–Crippen LogP) is -4.80. The number of carbonyl (C=O) groups excluding carboxylic acids is 10. The van der Waals surface area contributed by atoms with Gasteiger partial charge in [0.15, 0.2) is 11.9 Å². The number of benzene rings is 1. The average Bonchev–Trinajstić information content (AvgIpc) is 3.29. The van der Waals surface area contributed by atoms with Crippen LogP contribution >= 0.6 is 0 Å². The van der Waals surface area contributed by atoms with Crippen LogP contribution in [0, 0.1) is 28.6 Å². The number of amides is 10. The van der Waals surface area contributed by atoms with Gasteiger partial charge in [0.2, 0.25) is 59.1 Å². The van der Waals surface area contributed by atoms with Crippen LogP contribution in [0.5, 0.6) is 5.75 Å². The summed E-state index contributed by atoms with van der Waals surface area (Å²) < 4.78 is 0. The summed E-state index contributed by atoms with van der Waals surface area (Å²) in [5.74, 6) is -11.3. The van der Waals surface area contributed by atoms with E-state index in [1.165, 1.54) is 38.1 Å². The number of hydrogen-bond donors (Lipinski definition) is 18. The SMILES string of the molecule is CC(C)C[C@H](NC(=O)[C@H](C)CC(N)=O)C(=O)N[C@H](C(=O)N[C@H](C(=O)N[C@@H](CCCNC(=N)N)C(=O)N[C@@H](CCC(N)=O)C(=O)N[C@@H](CCCNC(=N)N)C(=O)N[C@@H](Cc1ccc(O)cc1)C(N)=O)[C@@H](C)O)C(C)C. The van der Waals surface area contributed by atoms with Crippen LogP contribution in [0.3, 0.4) is 0 Å². The summed E-state index contributed by atoms with van der Waals surface area (Å²) in [6.07, 6.45) is -2.90. The summed E-state index contributed by atoms with van der Waals surface area (Å²) in [7, 11) is 0. The predicted molar refractivity (Wildman–Crippen MR) is 270 cm³/mol. The van der Waals surface area contributed by atoms with Crippen LogP contribution < -0.4 is 76.5 Å². The summed E-state index contributed by atoms with van der Waals surface area (Å²) in [6, 6.07) is -4.41. The van der Waals surface area contributed by atoms with Gasteiger partial charge in [0.1, 0.15) is 48.0 Å². The average molecular weight is 1050 g/mol. The van der Waals surface area contributed by atoms with Crippen LogP contribution in [0.2, 0.25) is 0 Å². The van der Waals surface area contributed by atoms with Gasteiger partial charge in [-0.3, -0.25) is 58.8 Å². The lowest BCUT2D eigenvalue weighted by Gasteiger charge is -2.30. The first-order chi connectivity index (χ1) is 34.5. The zero-order valence-electron chi connectivity index (χ0n) is 42.8. The van der Waals surface area contributed by atoms with Crippen LogP contribution in [0.4, 0.5) is 0 Å². The van der Waals surface area contributed by atoms with Crippen LogP contribution in [-0.4, -0.2) is 143 Å². The molecule has 0 bridgehead atoms. The molecule has 10 amide bonds. The van der Waals surface area contributed by atoms with Crippen LogP contribution in [0.25, 0.3) is 0 Å². The number of phenolic OH excluding ortho intramolecular Hbond substituents is 1. The number of aliphatic hydroxyl groups excluding tert-OH is 1. The molecule has 23 N–H and O–H groups in total. The standard InChI is InChI=1S/C46H78N16O12/c1-22(2)19-32(60-38(68)24(5)20-34(48)66)42(72)61-35(23(3)4)43(73)62-36(25(6)63)44(74)58-29(10-8-18-55-46(52)53)39(69)57-30(15-16-33(47)65)41(71)56-28(9-7-17-54-45(50)51)40(70)59-31(37(49)67)21-26-11-13-27(64)14-12-26/h11-14,22-25,28-32,35-36,63-64H,7-10,15-21H2,1-6H3,(H2,47,65)(H2,48,66)(H2,49,67)(H,56,71)(H,57,69)(H,58,74)(H,59,70)(H,60,68)(H,61,72)(H,62,73)(H4,50,51,54)(H4,52,53,55)/t24-,25-,28+,29+,30+,31+,32+,35+,36+/m1/s1. The molecule has 0 heterocycles. The van der Waals surface area contributed by atoms with Gasteiger partial charge < -0.3 is 86.7 Å². The largest absolute Gasteiger partial charge is 0.508 e. The van der Waals surface area contributed by atoms with E-state index in [4.69, 9.17) is 39.5 Å². The van der Waals surface area contributed by atoms with Crippen molar-refractivity contribution in [2.45, 2.75) is 148 Å². The second-order valence-corrected chi connectivity index (χ2v) is 18.7. The molecule has 1 aromatic carbocycles. The number of primary amides is 3. The van der Waals surface area contributed by atoms with E-state index in [2.05, 4.69) is 47.9 Å². The first-order valence-electron chi connectivity index (χ1n) is 24.1. The minimum atomic E-state index is -1.77.